The molecule has 1 amide bonds. The Morgan fingerprint density at radius 1 is 1.23 bits per heavy atom. The summed E-state index contributed by atoms with van der Waals surface area (Å²) in [5.74, 6) is -0.222. The first-order valence-electron chi connectivity index (χ1n) is 7.01. The lowest BCUT2D eigenvalue weighted by molar-refractivity contribution is 0.102. The van der Waals surface area contributed by atoms with Crippen molar-refractivity contribution < 1.29 is 13.6 Å². The van der Waals surface area contributed by atoms with Crippen LogP contribution in [-0.2, 0) is 0 Å². The lowest BCUT2D eigenvalue weighted by atomic mass is 10.2. The zero-order chi connectivity index (χ0) is 15.7. The molecule has 0 fully saturated rings. The van der Waals surface area contributed by atoms with Crippen LogP contribution in [0.3, 0.4) is 0 Å². The van der Waals surface area contributed by atoms with Gasteiger partial charge in [0, 0.05) is 17.7 Å². The first kappa shape index (κ1) is 14.3. The van der Waals surface area contributed by atoms with Crippen LogP contribution in [0.4, 0.5) is 10.1 Å². The SMILES string of the molecule is CC(C)c1nc2ccc(NC(=O)c3ccccc3F)cc2o1. The highest BCUT2D eigenvalue weighted by Gasteiger charge is 2.13. The Labute approximate surface area is 127 Å². The number of carbonyl (C=O) groups excluding carboxylic acids is 1. The van der Waals surface area contributed by atoms with Crippen LogP contribution in [0.1, 0.15) is 36.0 Å². The van der Waals surface area contributed by atoms with Gasteiger partial charge in [0.25, 0.3) is 5.91 Å². The molecular weight excluding hydrogens is 283 g/mol. The predicted molar refractivity (Wildman–Crippen MR) is 82.5 cm³/mol. The van der Waals surface area contributed by atoms with E-state index in [2.05, 4.69) is 10.3 Å². The third-order valence-electron chi connectivity index (χ3n) is 3.28. The number of anilines is 1. The molecular formula is C17H15FN2O2. The van der Waals surface area contributed by atoms with Gasteiger partial charge in [-0.05, 0) is 24.3 Å². The van der Waals surface area contributed by atoms with E-state index in [1.807, 2.05) is 13.8 Å². The van der Waals surface area contributed by atoms with E-state index in [0.29, 0.717) is 17.2 Å². The van der Waals surface area contributed by atoms with Crippen LogP contribution in [-0.4, -0.2) is 10.9 Å². The van der Waals surface area contributed by atoms with Crippen LogP contribution in [0.15, 0.2) is 46.9 Å². The number of carbonyl (C=O) groups is 1. The van der Waals surface area contributed by atoms with Crippen molar-refractivity contribution in [1.29, 1.82) is 0 Å². The Morgan fingerprint density at radius 3 is 2.73 bits per heavy atom. The molecule has 3 rings (SSSR count). The van der Waals surface area contributed by atoms with E-state index in [9.17, 15) is 9.18 Å². The van der Waals surface area contributed by atoms with Crippen molar-refractivity contribution in [2.24, 2.45) is 0 Å². The van der Waals surface area contributed by atoms with Gasteiger partial charge in [-0.3, -0.25) is 4.79 Å². The molecule has 3 aromatic rings. The summed E-state index contributed by atoms with van der Waals surface area (Å²) in [6.07, 6.45) is 0. The van der Waals surface area contributed by atoms with Crippen LogP contribution in [0.2, 0.25) is 0 Å². The highest BCUT2D eigenvalue weighted by molar-refractivity contribution is 6.05. The van der Waals surface area contributed by atoms with E-state index in [1.54, 1.807) is 30.3 Å². The molecule has 0 aliphatic rings. The van der Waals surface area contributed by atoms with Gasteiger partial charge in [-0.15, -0.1) is 0 Å². The van der Waals surface area contributed by atoms with Gasteiger partial charge < -0.3 is 9.73 Å². The first-order chi connectivity index (χ1) is 10.5. The highest BCUT2D eigenvalue weighted by Crippen LogP contribution is 2.24. The summed E-state index contributed by atoms with van der Waals surface area (Å²) in [5.41, 5.74) is 1.86. The summed E-state index contributed by atoms with van der Waals surface area (Å²) < 4.78 is 19.2. The van der Waals surface area contributed by atoms with Crippen LogP contribution in [0.5, 0.6) is 0 Å². The number of aromatic nitrogens is 1. The van der Waals surface area contributed by atoms with Gasteiger partial charge >= 0.3 is 0 Å². The minimum atomic E-state index is -0.553. The topological polar surface area (TPSA) is 55.1 Å². The van der Waals surface area contributed by atoms with E-state index >= 15 is 0 Å². The quantitative estimate of drug-likeness (QED) is 0.782. The molecule has 112 valence electrons. The molecule has 0 atom stereocenters. The molecule has 0 aliphatic carbocycles. The number of benzene rings is 2. The van der Waals surface area contributed by atoms with Gasteiger partial charge in [0.15, 0.2) is 11.5 Å². The van der Waals surface area contributed by atoms with Crippen LogP contribution in [0, 0.1) is 5.82 Å². The van der Waals surface area contributed by atoms with E-state index < -0.39 is 11.7 Å². The van der Waals surface area contributed by atoms with Gasteiger partial charge in [-0.2, -0.15) is 0 Å². The molecule has 0 unspecified atom stereocenters. The van der Waals surface area contributed by atoms with E-state index in [4.69, 9.17) is 4.42 Å². The molecule has 0 aliphatic heterocycles. The van der Waals surface area contributed by atoms with Crippen LogP contribution in [0.25, 0.3) is 11.1 Å². The van der Waals surface area contributed by atoms with E-state index in [-0.39, 0.29) is 11.5 Å². The minimum absolute atomic E-state index is 0.00281. The summed E-state index contributed by atoms with van der Waals surface area (Å²) >= 11 is 0. The van der Waals surface area contributed by atoms with Gasteiger partial charge in [0.1, 0.15) is 11.3 Å². The third-order valence-corrected chi connectivity index (χ3v) is 3.28. The fourth-order valence-electron chi connectivity index (χ4n) is 2.11. The summed E-state index contributed by atoms with van der Waals surface area (Å²) in [4.78, 5) is 16.5. The Kier molecular flexibility index (Phi) is 3.63. The molecule has 5 heteroatoms. The number of halogens is 1. The summed E-state index contributed by atoms with van der Waals surface area (Å²) in [6, 6.07) is 11.0. The van der Waals surface area contributed by atoms with Crippen LogP contribution >= 0.6 is 0 Å². The molecule has 22 heavy (non-hydrogen) atoms. The Balaban J connectivity index is 1.88. The fraction of sp³-hybridized carbons (Fsp3) is 0.176. The molecule has 1 N–H and O–H groups in total. The van der Waals surface area contributed by atoms with Crippen molar-refractivity contribution in [2.45, 2.75) is 19.8 Å². The second-order valence-corrected chi connectivity index (χ2v) is 5.32. The molecule has 2 aromatic carbocycles. The maximum absolute atomic E-state index is 13.6. The number of hydrogen-bond donors (Lipinski definition) is 1. The van der Waals surface area contributed by atoms with Crippen LogP contribution < -0.4 is 5.32 Å². The molecule has 0 saturated carbocycles. The van der Waals surface area contributed by atoms with Crippen molar-refractivity contribution in [3.63, 3.8) is 0 Å². The number of hydrogen-bond acceptors (Lipinski definition) is 3. The average Bonchev–Trinajstić information content (AvgIpc) is 2.91. The summed E-state index contributed by atoms with van der Waals surface area (Å²) in [7, 11) is 0. The van der Waals surface area contributed by atoms with Gasteiger partial charge in [0.05, 0.1) is 5.56 Å². The Hall–Kier alpha value is -2.69. The van der Waals surface area contributed by atoms with Crippen molar-refractivity contribution in [3.05, 3.63) is 59.7 Å². The molecule has 1 heterocycles. The summed E-state index contributed by atoms with van der Waals surface area (Å²) in [5, 5.41) is 2.66. The van der Waals surface area contributed by atoms with Crippen molar-refractivity contribution in [2.75, 3.05) is 5.32 Å². The maximum atomic E-state index is 13.6. The normalized spacial score (nSPS) is 11.1. The molecule has 4 nitrogen and oxygen atoms in total. The van der Waals surface area contributed by atoms with Gasteiger partial charge in [0.2, 0.25) is 0 Å². The second kappa shape index (κ2) is 5.60. The number of nitrogens with one attached hydrogen (secondary N) is 1. The first-order valence-corrected chi connectivity index (χ1v) is 7.01. The van der Waals surface area contributed by atoms with Gasteiger partial charge in [-0.1, -0.05) is 26.0 Å². The molecule has 1 aromatic heterocycles. The molecule has 0 spiro atoms. The standard InChI is InChI=1S/C17H15FN2O2/c1-10(2)17-20-14-8-7-11(9-15(14)22-17)19-16(21)12-5-3-4-6-13(12)18/h3-10H,1-2H3,(H,19,21). The molecule has 0 bridgehead atoms. The Morgan fingerprint density at radius 2 is 2.00 bits per heavy atom. The number of nitrogens with zero attached hydrogens (tertiary/aromatic N) is 1. The van der Waals surface area contributed by atoms with Crippen molar-refractivity contribution >= 4 is 22.7 Å². The number of amides is 1. The zero-order valence-electron chi connectivity index (χ0n) is 12.3. The predicted octanol–water partition coefficient (Wildman–Crippen LogP) is 4.34. The lowest BCUT2D eigenvalue weighted by Gasteiger charge is -2.05. The van der Waals surface area contributed by atoms with Crippen molar-refractivity contribution in [1.82, 2.24) is 4.98 Å². The molecule has 0 saturated heterocycles. The largest absolute Gasteiger partial charge is 0.440 e. The van der Waals surface area contributed by atoms with E-state index in [1.165, 1.54) is 12.1 Å². The third kappa shape index (κ3) is 2.70. The summed E-state index contributed by atoms with van der Waals surface area (Å²) in [6.45, 7) is 3.98. The van der Waals surface area contributed by atoms with E-state index in [0.717, 1.165) is 5.52 Å². The highest BCUT2D eigenvalue weighted by atomic mass is 19.1. The minimum Gasteiger partial charge on any atom is -0.440 e. The maximum Gasteiger partial charge on any atom is 0.258 e. The van der Waals surface area contributed by atoms with Gasteiger partial charge in [-0.25, -0.2) is 9.37 Å². The monoisotopic (exact) mass is 298 g/mol. The fourth-order valence-corrected chi connectivity index (χ4v) is 2.11. The second-order valence-electron chi connectivity index (χ2n) is 5.32. The average molecular weight is 298 g/mol. The Bertz CT molecular complexity index is 840. The number of fused-ring (bicyclic) bond motifs is 1. The molecule has 0 radical (unpaired) electrons. The zero-order valence-corrected chi connectivity index (χ0v) is 12.3. The number of rotatable bonds is 3. The lowest BCUT2D eigenvalue weighted by Crippen LogP contribution is -2.13. The van der Waals surface area contributed by atoms with Crippen molar-refractivity contribution in [3.8, 4) is 0 Å². The number of oxazole rings is 1. The smallest absolute Gasteiger partial charge is 0.258 e.